The van der Waals surface area contributed by atoms with Crippen LogP contribution in [0.15, 0.2) is 0 Å². The molecule has 0 aromatic carbocycles. The highest BCUT2D eigenvalue weighted by Crippen LogP contribution is 2.25. The topological polar surface area (TPSA) is 24.9 Å². The number of rotatable bonds is 5. The van der Waals surface area contributed by atoms with E-state index in [0.717, 1.165) is 18.6 Å². The Morgan fingerprint density at radius 1 is 1.06 bits per heavy atom. The summed E-state index contributed by atoms with van der Waals surface area (Å²) in [6, 6.07) is 1.61. The minimum absolute atomic E-state index is 0.0766. The van der Waals surface area contributed by atoms with E-state index in [-0.39, 0.29) is 6.29 Å². The summed E-state index contributed by atoms with van der Waals surface area (Å²) in [4.78, 5) is 5.19. The zero-order valence-corrected chi connectivity index (χ0v) is 12.1. The van der Waals surface area contributed by atoms with Crippen molar-refractivity contribution in [3.63, 3.8) is 0 Å². The number of piperidine rings is 1. The first-order chi connectivity index (χ1) is 8.74. The summed E-state index contributed by atoms with van der Waals surface area (Å²) >= 11 is 0. The molecule has 0 spiro atoms. The fraction of sp³-hybridized carbons (Fsp3) is 1.00. The lowest BCUT2D eigenvalue weighted by Gasteiger charge is -2.39. The second kappa shape index (κ2) is 6.85. The molecule has 0 bridgehead atoms. The second-order valence-corrected chi connectivity index (χ2v) is 5.66. The van der Waals surface area contributed by atoms with Crippen LogP contribution in [0.3, 0.4) is 0 Å². The van der Waals surface area contributed by atoms with E-state index in [1.165, 1.54) is 45.3 Å². The third-order valence-corrected chi connectivity index (χ3v) is 4.56. The first-order valence-corrected chi connectivity index (χ1v) is 7.28. The molecular weight excluding hydrogens is 228 g/mol. The van der Waals surface area contributed by atoms with Crippen molar-refractivity contribution in [3.8, 4) is 0 Å². The standard InChI is InChI=1S/C14H28N2O2/c1-12-5-4-8-16(12)13-6-9-15(10-7-13)11-14(17-2)18-3/h12-14H,4-11H2,1-3H3/t12-/m1/s1. The van der Waals surface area contributed by atoms with Crippen LogP contribution in [-0.4, -0.2) is 68.6 Å². The van der Waals surface area contributed by atoms with Gasteiger partial charge in [0.1, 0.15) is 0 Å². The van der Waals surface area contributed by atoms with E-state index in [9.17, 15) is 0 Å². The molecule has 0 saturated carbocycles. The van der Waals surface area contributed by atoms with Crippen molar-refractivity contribution in [1.82, 2.24) is 9.80 Å². The molecule has 4 nitrogen and oxygen atoms in total. The van der Waals surface area contributed by atoms with Crippen LogP contribution in [0.1, 0.15) is 32.6 Å². The highest BCUT2D eigenvalue weighted by Gasteiger charge is 2.30. The second-order valence-electron chi connectivity index (χ2n) is 5.66. The fourth-order valence-electron chi connectivity index (χ4n) is 3.39. The van der Waals surface area contributed by atoms with Gasteiger partial charge in [-0.15, -0.1) is 0 Å². The zero-order valence-electron chi connectivity index (χ0n) is 12.1. The maximum atomic E-state index is 5.27. The number of hydrogen-bond donors (Lipinski definition) is 0. The van der Waals surface area contributed by atoms with Crippen molar-refractivity contribution >= 4 is 0 Å². The molecule has 18 heavy (non-hydrogen) atoms. The van der Waals surface area contributed by atoms with Gasteiger partial charge in [0, 0.05) is 32.8 Å². The minimum Gasteiger partial charge on any atom is -0.355 e. The summed E-state index contributed by atoms with van der Waals surface area (Å²) in [5.74, 6) is 0. The summed E-state index contributed by atoms with van der Waals surface area (Å²) in [5, 5.41) is 0. The van der Waals surface area contributed by atoms with Gasteiger partial charge < -0.3 is 9.47 Å². The lowest BCUT2D eigenvalue weighted by Crippen LogP contribution is -2.47. The summed E-state index contributed by atoms with van der Waals surface area (Å²) in [7, 11) is 3.43. The quantitative estimate of drug-likeness (QED) is 0.697. The fourth-order valence-corrected chi connectivity index (χ4v) is 3.39. The monoisotopic (exact) mass is 256 g/mol. The summed E-state index contributed by atoms with van der Waals surface area (Å²) in [6.07, 6.45) is 5.29. The van der Waals surface area contributed by atoms with Gasteiger partial charge in [-0.05, 0) is 52.2 Å². The van der Waals surface area contributed by atoms with Gasteiger partial charge in [-0.2, -0.15) is 0 Å². The maximum Gasteiger partial charge on any atom is 0.169 e. The Morgan fingerprint density at radius 2 is 1.72 bits per heavy atom. The number of ether oxygens (including phenoxy) is 2. The summed E-state index contributed by atoms with van der Waals surface area (Å²) in [5.41, 5.74) is 0. The van der Waals surface area contributed by atoms with Gasteiger partial charge in [0.05, 0.1) is 0 Å². The number of nitrogens with zero attached hydrogens (tertiary/aromatic N) is 2. The summed E-state index contributed by atoms with van der Waals surface area (Å²) < 4.78 is 10.5. The molecule has 0 N–H and O–H groups in total. The molecule has 2 aliphatic rings. The maximum absolute atomic E-state index is 5.27. The van der Waals surface area contributed by atoms with Crippen LogP contribution in [0, 0.1) is 0 Å². The highest BCUT2D eigenvalue weighted by atomic mass is 16.7. The van der Waals surface area contributed by atoms with E-state index in [0.29, 0.717) is 0 Å². The van der Waals surface area contributed by atoms with Crippen LogP contribution in [0.25, 0.3) is 0 Å². The van der Waals surface area contributed by atoms with Crippen molar-refractivity contribution in [2.75, 3.05) is 40.4 Å². The number of methoxy groups -OCH3 is 2. The van der Waals surface area contributed by atoms with Gasteiger partial charge in [0.15, 0.2) is 6.29 Å². The molecule has 2 heterocycles. The van der Waals surface area contributed by atoms with Crippen LogP contribution in [-0.2, 0) is 9.47 Å². The van der Waals surface area contributed by atoms with Gasteiger partial charge >= 0.3 is 0 Å². The molecule has 2 rings (SSSR count). The Labute approximate surface area is 111 Å². The predicted molar refractivity (Wildman–Crippen MR) is 72.7 cm³/mol. The molecule has 0 radical (unpaired) electrons. The van der Waals surface area contributed by atoms with Gasteiger partial charge in [-0.25, -0.2) is 0 Å². The van der Waals surface area contributed by atoms with Crippen LogP contribution in [0.2, 0.25) is 0 Å². The van der Waals surface area contributed by atoms with Crippen LogP contribution < -0.4 is 0 Å². The molecule has 2 saturated heterocycles. The Kier molecular flexibility index (Phi) is 5.42. The van der Waals surface area contributed by atoms with Gasteiger partial charge in [0.2, 0.25) is 0 Å². The van der Waals surface area contributed by atoms with Crippen LogP contribution >= 0.6 is 0 Å². The van der Waals surface area contributed by atoms with Gasteiger partial charge in [-0.3, -0.25) is 9.80 Å². The van der Waals surface area contributed by atoms with Crippen molar-refractivity contribution in [3.05, 3.63) is 0 Å². The van der Waals surface area contributed by atoms with Crippen LogP contribution in [0.5, 0.6) is 0 Å². The first kappa shape index (κ1) is 14.3. The van der Waals surface area contributed by atoms with E-state index < -0.39 is 0 Å². The number of likely N-dealkylation sites (tertiary alicyclic amines) is 2. The van der Waals surface area contributed by atoms with Crippen molar-refractivity contribution in [1.29, 1.82) is 0 Å². The zero-order chi connectivity index (χ0) is 13.0. The number of hydrogen-bond acceptors (Lipinski definition) is 4. The van der Waals surface area contributed by atoms with Crippen LogP contribution in [0.4, 0.5) is 0 Å². The molecule has 0 unspecified atom stereocenters. The molecule has 2 fully saturated rings. The van der Waals surface area contributed by atoms with E-state index in [1.807, 2.05) is 0 Å². The van der Waals surface area contributed by atoms with Crippen molar-refractivity contribution in [2.45, 2.75) is 51.0 Å². The SMILES string of the molecule is COC(CN1CCC(N2CCC[C@H]2C)CC1)OC. The molecule has 4 heteroatoms. The average Bonchev–Trinajstić information content (AvgIpc) is 2.83. The average molecular weight is 256 g/mol. The highest BCUT2D eigenvalue weighted by molar-refractivity contribution is 4.86. The van der Waals surface area contributed by atoms with E-state index in [4.69, 9.17) is 9.47 Å². The Hall–Kier alpha value is -0.160. The molecule has 0 aliphatic carbocycles. The van der Waals surface area contributed by atoms with Crippen molar-refractivity contribution in [2.24, 2.45) is 0 Å². The minimum atomic E-state index is -0.0766. The molecule has 0 amide bonds. The van der Waals surface area contributed by atoms with Crippen molar-refractivity contribution < 1.29 is 9.47 Å². The Morgan fingerprint density at radius 3 is 2.22 bits per heavy atom. The lowest BCUT2D eigenvalue weighted by atomic mass is 10.0. The third-order valence-electron chi connectivity index (χ3n) is 4.56. The molecule has 2 aliphatic heterocycles. The normalized spacial score (nSPS) is 28.3. The molecule has 106 valence electrons. The smallest absolute Gasteiger partial charge is 0.169 e. The Balaban J connectivity index is 1.74. The molecule has 0 aromatic heterocycles. The Bertz CT molecular complexity index is 238. The van der Waals surface area contributed by atoms with E-state index in [1.54, 1.807) is 14.2 Å². The van der Waals surface area contributed by atoms with Gasteiger partial charge in [0.25, 0.3) is 0 Å². The predicted octanol–water partition coefficient (Wildman–Crippen LogP) is 1.55. The lowest BCUT2D eigenvalue weighted by molar-refractivity contribution is -0.119. The first-order valence-electron chi connectivity index (χ1n) is 7.28. The summed E-state index contributed by atoms with van der Waals surface area (Å²) in [6.45, 7) is 6.94. The largest absolute Gasteiger partial charge is 0.355 e. The van der Waals surface area contributed by atoms with E-state index in [2.05, 4.69) is 16.7 Å². The van der Waals surface area contributed by atoms with Gasteiger partial charge in [-0.1, -0.05) is 0 Å². The third kappa shape index (κ3) is 3.44. The molecule has 0 aromatic rings. The molecular formula is C14H28N2O2. The van der Waals surface area contributed by atoms with E-state index >= 15 is 0 Å². The molecule has 1 atom stereocenters.